The smallest absolute Gasteiger partial charge is 0.416 e. The van der Waals surface area contributed by atoms with E-state index in [0.717, 1.165) is 30.7 Å². The Bertz CT molecular complexity index is 1330. The van der Waals surface area contributed by atoms with Crippen molar-refractivity contribution < 1.29 is 22.3 Å². The molecule has 5 rings (SSSR count). The van der Waals surface area contributed by atoms with Gasteiger partial charge in [0.1, 0.15) is 6.33 Å². The van der Waals surface area contributed by atoms with Crippen LogP contribution in [-0.2, 0) is 12.7 Å². The molecule has 0 unspecified atom stereocenters. The molecule has 1 fully saturated rings. The molecule has 9 heteroatoms. The molecule has 0 atom stereocenters. The number of fused-ring (bicyclic) bond motifs is 1. The second-order valence-electron chi connectivity index (χ2n) is 8.08. The molecule has 0 bridgehead atoms. The third-order valence-corrected chi connectivity index (χ3v) is 5.56. The molecule has 1 N–H and O–H groups in total. The van der Waals surface area contributed by atoms with Crippen LogP contribution in [-0.4, -0.2) is 20.6 Å². The molecule has 1 saturated carbocycles. The predicted molar refractivity (Wildman–Crippen MR) is 115 cm³/mol. The van der Waals surface area contributed by atoms with Gasteiger partial charge in [-0.25, -0.2) is 14.4 Å². The van der Waals surface area contributed by atoms with Gasteiger partial charge in [0.2, 0.25) is 5.88 Å². The van der Waals surface area contributed by atoms with Gasteiger partial charge >= 0.3 is 6.18 Å². The first kappa shape index (κ1) is 21.4. The minimum absolute atomic E-state index is 0.0245. The van der Waals surface area contributed by atoms with E-state index >= 15 is 4.39 Å². The minimum atomic E-state index is -4.47. The van der Waals surface area contributed by atoms with E-state index in [1.165, 1.54) is 18.5 Å². The van der Waals surface area contributed by atoms with E-state index < -0.39 is 17.6 Å². The van der Waals surface area contributed by atoms with Gasteiger partial charge in [-0.15, -0.1) is 0 Å². The summed E-state index contributed by atoms with van der Waals surface area (Å²) < 4.78 is 62.1. The van der Waals surface area contributed by atoms with Crippen molar-refractivity contribution in [1.29, 1.82) is 0 Å². The molecule has 1 aliphatic rings. The van der Waals surface area contributed by atoms with Crippen molar-refractivity contribution in [3.8, 4) is 17.3 Å². The van der Waals surface area contributed by atoms with Gasteiger partial charge in [0.25, 0.3) is 0 Å². The largest absolute Gasteiger partial charge is 0.436 e. The van der Waals surface area contributed by atoms with E-state index in [4.69, 9.17) is 4.74 Å². The van der Waals surface area contributed by atoms with Gasteiger partial charge < -0.3 is 14.6 Å². The van der Waals surface area contributed by atoms with E-state index in [2.05, 4.69) is 15.3 Å². The molecule has 1 aliphatic carbocycles. The van der Waals surface area contributed by atoms with Gasteiger partial charge in [-0.1, -0.05) is 6.07 Å². The number of hydrogen-bond donors (Lipinski definition) is 1. The molecule has 2 aromatic carbocycles. The van der Waals surface area contributed by atoms with Crippen LogP contribution in [0.4, 0.5) is 17.6 Å². The SMILES string of the molecule is Cc1cc2c(F)c(Oc3cc(CNC4CC4)ncn3)ccc2n1-c1cccc(C(F)(F)F)c1. The van der Waals surface area contributed by atoms with Crippen molar-refractivity contribution in [2.75, 3.05) is 0 Å². The fourth-order valence-corrected chi connectivity index (χ4v) is 3.78. The van der Waals surface area contributed by atoms with Crippen LogP contribution in [0.5, 0.6) is 11.6 Å². The fraction of sp³-hybridized carbons (Fsp3) is 0.250. The average Bonchev–Trinajstić information content (AvgIpc) is 3.55. The first-order chi connectivity index (χ1) is 15.8. The summed E-state index contributed by atoms with van der Waals surface area (Å²) in [7, 11) is 0. The lowest BCUT2D eigenvalue weighted by Crippen LogP contribution is -2.16. The molecule has 33 heavy (non-hydrogen) atoms. The van der Waals surface area contributed by atoms with Gasteiger partial charge in [0.05, 0.1) is 16.8 Å². The zero-order valence-corrected chi connectivity index (χ0v) is 17.7. The highest BCUT2D eigenvalue weighted by Gasteiger charge is 2.30. The number of benzene rings is 2. The third kappa shape index (κ3) is 4.41. The van der Waals surface area contributed by atoms with E-state index in [9.17, 15) is 13.2 Å². The summed E-state index contributed by atoms with van der Waals surface area (Å²) in [5.41, 5.74) is 1.30. The Kier molecular flexibility index (Phi) is 5.28. The number of ether oxygens (including phenoxy) is 1. The second kappa shape index (κ2) is 8.15. The van der Waals surface area contributed by atoms with Crippen molar-refractivity contribution in [1.82, 2.24) is 19.9 Å². The maximum Gasteiger partial charge on any atom is 0.416 e. The Morgan fingerprint density at radius 3 is 2.67 bits per heavy atom. The number of aromatic nitrogens is 3. The highest BCUT2D eigenvalue weighted by Crippen LogP contribution is 2.35. The van der Waals surface area contributed by atoms with Gasteiger partial charge in [-0.2, -0.15) is 13.2 Å². The molecule has 170 valence electrons. The predicted octanol–water partition coefficient (Wildman–Crippen LogP) is 5.93. The Morgan fingerprint density at radius 1 is 1.09 bits per heavy atom. The molecule has 0 aliphatic heterocycles. The van der Waals surface area contributed by atoms with Gasteiger partial charge in [0.15, 0.2) is 11.6 Å². The van der Waals surface area contributed by atoms with Crippen molar-refractivity contribution in [3.63, 3.8) is 0 Å². The molecule has 0 saturated heterocycles. The Hall–Kier alpha value is -3.46. The van der Waals surface area contributed by atoms with Crippen LogP contribution in [0.3, 0.4) is 0 Å². The van der Waals surface area contributed by atoms with Gasteiger partial charge in [-0.3, -0.25) is 0 Å². The molecule has 5 nitrogen and oxygen atoms in total. The van der Waals surface area contributed by atoms with Crippen LogP contribution in [0.15, 0.2) is 54.9 Å². The fourth-order valence-electron chi connectivity index (χ4n) is 3.78. The van der Waals surface area contributed by atoms with Crippen LogP contribution in [0.2, 0.25) is 0 Å². The monoisotopic (exact) mass is 456 g/mol. The van der Waals surface area contributed by atoms with Crippen molar-refractivity contribution in [2.24, 2.45) is 0 Å². The lowest BCUT2D eigenvalue weighted by Gasteiger charge is -2.13. The molecular formula is C24H20F4N4O. The number of alkyl halides is 3. The van der Waals surface area contributed by atoms with Crippen LogP contribution in [0.1, 0.15) is 29.8 Å². The zero-order valence-electron chi connectivity index (χ0n) is 17.7. The summed E-state index contributed by atoms with van der Waals surface area (Å²) in [6.45, 7) is 2.29. The Labute approximate surface area is 187 Å². The molecule has 2 heterocycles. The molecule has 0 amide bonds. The summed E-state index contributed by atoms with van der Waals surface area (Å²) in [5, 5.41) is 3.59. The minimum Gasteiger partial charge on any atom is -0.436 e. The summed E-state index contributed by atoms with van der Waals surface area (Å²) in [6, 6.07) is 11.8. The number of rotatable bonds is 6. The van der Waals surface area contributed by atoms with E-state index in [1.807, 2.05) is 0 Å². The van der Waals surface area contributed by atoms with E-state index in [-0.39, 0.29) is 17.0 Å². The Balaban J connectivity index is 1.47. The number of nitrogens with zero attached hydrogens (tertiary/aromatic N) is 3. The molecule has 4 aromatic rings. The molecular weight excluding hydrogens is 436 g/mol. The maximum absolute atomic E-state index is 15.3. The van der Waals surface area contributed by atoms with E-state index in [1.54, 1.807) is 35.8 Å². The summed E-state index contributed by atoms with van der Waals surface area (Å²) >= 11 is 0. The normalized spacial score (nSPS) is 14.1. The number of halogens is 4. The van der Waals surface area contributed by atoms with Crippen molar-refractivity contribution in [3.05, 3.63) is 77.6 Å². The van der Waals surface area contributed by atoms with Crippen LogP contribution in [0, 0.1) is 12.7 Å². The zero-order chi connectivity index (χ0) is 23.2. The Morgan fingerprint density at radius 2 is 1.91 bits per heavy atom. The van der Waals surface area contributed by atoms with Crippen LogP contribution in [0.25, 0.3) is 16.6 Å². The van der Waals surface area contributed by atoms with Crippen LogP contribution < -0.4 is 10.1 Å². The average molecular weight is 456 g/mol. The highest BCUT2D eigenvalue weighted by molar-refractivity contribution is 5.85. The van der Waals surface area contributed by atoms with Gasteiger partial charge in [0, 0.05) is 35.4 Å². The third-order valence-electron chi connectivity index (χ3n) is 5.56. The summed E-state index contributed by atoms with van der Waals surface area (Å²) in [5.74, 6) is -0.425. The van der Waals surface area contributed by atoms with Gasteiger partial charge in [-0.05, 0) is 56.2 Å². The standard InChI is InChI=1S/C24H20F4N4O/c1-14-9-19-20(32(14)18-4-2-3-15(10-18)24(26,27)28)7-8-21(23(19)25)33-22-11-17(30-13-31-22)12-29-16-5-6-16/h2-4,7-11,13,16,29H,5-6,12H2,1H3. The second-order valence-corrected chi connectivity index (χ2v) is 8.08. The first-order valence-electron chi connectivity index (χ1n) is 10.5. The summed E-state index contributed by atoms with van der Waals surface area (Å²) in [4.78, 5) is 8.26. The number of aryl methyl sites for hydroxylation is 1. The molecule has 0 spiro atoms. The first-order valence-corrected chi connectivity index (χ1v) is 10.5. The molecule has 0 radical (unpaired) electrons. The lowest BCUT2D eigenvalue weighted by atomic mass is 10.2. The molecule has 2 aromatic heterocycles. The van der Waals surface area contributed by atoms with Crippen molar-refractivity contribution in [2.45, 2.75) is 38.5 Å². The number of nitrogens with one attached hydrogen (secondary N) is 1. The van der Waals surface area contributed by atoms with Crippen LogP contribution >= 0.6 is 0 Å². The number of hydrogen-bond acceptors (Lipinski definition) is 4. The summed E-state index contributed by atoms with van der Waals surface area (Å²) in [6.07, 6.45) is -0.800. The lowest BCUT2D eigenvalue weighted by molar-refractivity contribution is -0.137. The highest BCUT2D eigenvalue weighted by atomic mass is 19.4. The quantitative estimate of drug-likeness (QED) is 0.366. The van der Waals surface area contributed by atoms with E-state index in [0.29, 0.717) is 29.5 Å². The van der Waals surface area contributed by atoms with Crippen molar-refractivity contribution >= 4 is 10.9 Å². The topological polar surface area (TPSA) is 52.0 Å². The maximum atomic E-state index is 15.3.